The summed E-state index contributed by atoms with van der Waals surface area (Å²) < 4.78 is 22.8. The normalized spacial score (nSPS) is 31.5. The molecule has 0 aliphatic carbocycles. The standard InChI is InChI=1S/C10H20O2S/c1-4-5-9-8-13(11,12)7-6-10(9,2)3/h9H,4-8H2,1-3H3. The van der Waals surface area contributed by atoms with Crippen LogP contribution in [0.2, 0.25) is 0 Å². The van der Waals surface area contributed by atoms with Crippen LogP contribution >= 0.6 is 0 Å². The molecule has 0 N–H and O–H groups in total. The van der Waals surface area contributed by atoms with Gasteiger partial charge in [0.2, 0.25) is 0 Å². The van der Waals surface area contributed by atoms with Crippen molar-refractivity contribution in [3.8, 4) is 0 Å². The van der Waals surface area contributed by atoms with Crippen LogP contribution in [0, 0.1) is 11.3 Å². The van der Waals surface area contributed by atoms with Crippen molar-refractivity contribution in [2.24, 2.45) is 11.3 Å². The minimum absolute atomic E-state index is 0.224. The maximum absolute atomic E-state index is 11.4. The second-order valence-electron chi connectivity index (χ2n) is 4.84. The molecule has 0 spiro atoms. The lowest BCUT2D eigenvalue weighted by Gasteiger charge is -2.38. The quantitative estimate of drug-likeness (QED) is 0.691. The maximum atomic E-state index is 11.4. The van der Waals surface area contributed by atoms with E-state index in [-0.39, 0.29) is 5.41 Å². The fourth-order valence-electron chi connectivity index (χ4n) is 2.06. The van der Waals surface area contributed by atoms with Crippen molar-refractivity contribution in [1.29, 1.82) is 0 Å². The predicted molar refractivity (Wildman–Crippen MR) is 55.4 cm³/mol. The van der Waals surface area contributed by atoms with E-state index in [0.717, 1.165) is 19.3 Å². The zero-order valence-electron chi connectivity index (χ0n) is 8.84. The van der Waals surface area contributed by atoms with E-state index in [0.29, 0.717) is 17.4 Å². The molecule has 1 heterocycles. The van der Waals surface area contributed by atoms with Gasteiger partial charge in [0.1, 0.15) is 0 Å². The summed E-state index contributed by atoms with van der Waals surface area (Å²) in [5.74, 6) is 1.17. The van der Waals surface area contributed by atoms with Crippen molar-refractivity contribution in [3.63, 3.8) is 0 Å². The Hall–Kier alpha value is -0.0500. The van der Waals surface area contributed by atoms with Gasteiger partial charge < -0.3 is 0 Å². The van der Waals surface area contributed by atoms with E-state index >= 15 is 0 Å². The fraction of sp³-hybridized carbons (Fsp3) is 1.00. The molecular formula is C10H20O2S. The Balaban J connectivity index is 2.75. The molecule has 0 aromatic heterocycles. The molecule has 1 fully saturated rings. The van der Waals surface area contributed by atoms with Crippen LogP contribution in [-0.2, 0) is 9.84 Å². The Bertz CT molecular complexity index is 265. The third kappa shape index (κ3) is 2.70. The van der Waals surface area contributed by atoms with Gasteiger partial charge in [-0.15, -0.1) is 0 Å². The summed E-state index contributed by atoms with van der Waals surface area (Å²) in [7, 11) is -2.73. The van der Waals surface area contributed by atoms with Gasteiger partial charge in [-0.25, -0.2) is 8.42 Å². The highest BCUT2D eigenvalue weighted by atomic mass is 32.2. The van der Waals surface area contributed by atoms with Gasteiger partial charge in [0.15, 0.2) is 9.84 Å². The topological polar surface area (TPSA) is 34.1 Å². The first-order chi connectivity index (χ1) is 5.87. The Labute approximate surface area is 81.6 Å². The number of hydrogen-bond acceptors (Lipinski definition) is 2. The highest BCUT2D eigenvalue weighted by molar-refractivity contribution is 7.91. The van der Waals surface area contributed by atoms with Crippen LogP contribution in [0.5, 0.6) is 0 Å². The van der Waals surface area contributed by atoms with Crippen molar-refractivity contribution in [2.75, 3.05) is 11.5 Å². The van der Waals surface area contributed by atoms with Crippen LogP contribution in [0.25, 0.3) is 0 Å². The number of hydrogen-bond donors (Lipinski definition) is 0. The van der Waals surface area contributed by atoms with Gasteiger partial charge in [-0.3, -0.25) is 0 Å². The molecule has 1 unspecified atom stereocenters. The lowest BCUT2D eigenvalue weighted by Crippen LogP contribution is -2.38. The van der Waals surface area contributed by atoms with E-state index in [1.807, 2.05) is 0 Å². The summed E-state index contributed by atoms with van der Waals surface area (Å²) in [5, 5.41) is 0. The summed E-state index contributed by atoms with van der Waals surface area (Å²) in [4.78, 5) is 0. The van der Waals surface area contributed by atoms with Gasteiger partial charge in [-0.05, 0) is 24.2 Å². The highest BCUT2D eigenvalue weighted by Crippen LogP contribution is 2.39. The molecule has 0 radical (unpaired) electrons. The first-order valence-corrected chi connectivity index (χ1v) is 6.90. The first kappa shape index (κ1) is 11.0. The number of rotatable bonds is 2. The van der Waals surface area contributed by atoms with Gasteiger partial charge in [-0.2, -0.15) is 0 Å². The zero-order valence-corrected chi connectivity index (χ0v) is 9.65. The molecule has 0 saturated carbocycles. The second kappa shape index (κ2) is 3.60. The highest BCUT2D eigenvalue weighted by Gasteiger charge is 2.37. The zero-order chi connectivity index (χ0) is 10.1. The SMILES string of the molecule is CCCC1CS(=O)(=O)CCC1(C)C. The van der Waals surface area contributed by atoms with Gasteiger partial charge in [-0.1, -0.05) is 27.2 Å². The van der Waals surface area contributed by atoms with Crippen LogP contribution in [-0.4, -0.2) is 19.9 Å². The first-order valence-electron chi connectivity index (χ1n) is 5.08. The van der Waals surface area contributed by atoms with Crippen LogP contribution < -0.4 is 0 Å². The molecular weight excluding hydrogens is 184 g/mol. The van der Waals surface area contributed by atoms with E-state index < -0.39 is 9.84 Å². The summed E-state index contributed by atoms with van der Waals surface area (Å²) in [6.07, 6.45) is 2.97. The summed E-state index contributed by atoms with van der Waals surface area (Å²) in [6.45, 7) is 6.52. The van der Waals surface area contributed by atoms with E-state index in [1.54, 1.807) is 0 Å². The molecule has 1 aliphatic rings. The minimum atomic E-state index is -2.73. The van der Waals surface area contributed by atoms with Crippen LogP contribution in [0.1, 0.15) is 40.0 Å². The molecule has 1 aliphatic heterocycles. The summed E-state index contributed by atoms with van der Waals surface area (Å²) in [5.41, 5.74) is 0.224. The Morgan fingerprint density at radius 2 is 2.00 bits per heavy atom. The molecule has 0 aromatic carbocycles. The monoisotopic (exact) mass is 204 g/mol. The molecule has 3 heteroatoms. The van der Waals surface area contributed by atoms with Gasteiger partial charge in [0.05, 0.1) is 11.5 Å². The fourth-order valence-corrected chi connectivity index (χ4v) is 4.30. The average molecular weight is 204 g/mol. The third-order valence-electron chi connectivity index (χ3n) is 3.25. The Morgan fingerprint density at radius 1 is 1.38 bits per heavy atom. The molecule has 0 amide bonds. The third-order valence-corrected chi connectivity index (χ3v) is 4.99. The minimum Gasteiger partial charge on any atom is -0.229 e. The van der Waals surface area contributed by atoms with Gasteiger partial charge in [0, 0.05) is 0 Å². The smallest absolute Gasteiger partial charge is 0.150 e. The van der Waals surface area contributed by atoms with Gasteiger partial charge in [0.25, 0.3) is 0 Å². The molecule has 1 atom stereocenters. The largest absolute Gasteiger partial charge is 0.229 e. The van der Waals surface area contributed by atoms with Crippen LogP contribution in [0.4, 0.5) is 0 Å². The predicted octanol–water partition coefficient (Wildman–Crippen LogP) is 2.25. The molecule has 2 nitrogen and oxygen atoms in total. The molecule has 78 valence electrons. The van der Waals surface area contributed by atoms with E-state index in [1.165, 1.54) is 0 Å². The molecule has 0 aromatic rings. The second-order valence-corrected chi connectivity index (χ2v) is 7.07. The molecule has 1 saturated heterocycles. The van der Waals surface area contributed by atoms with Crippen molar-refractivity contribution < 1.29 is 8.42 Å². The van der Waals surface area contributed by atoms with Crippen molar-refractivity contribution in [2.45, 2.75) is 40.0 Å². The van der Waals surface area contributed by atoms with Crippen molar-refractivity contribution in [1.82, 2.24) is 0 Å². The lowest BCUT2D eigenvalue weighted by atomic mass is 9.75. The Morgan fingerprint density at radius 3 is 2.54 bits per heavy atom. The van der Waals surface area contributed by atoms with E-state index in [9.17, 15) is 8.42 Å². The number of sulfone groups is 1. The van der Waals surface area contributed by atoms with E-state index in [4.69, 9.17) is 0 Å². The maximum Gasteiger partial charge on any atom is 0.150 e. The molecule has 0 bridgehead atoms. The van der Waals surface area contributed by atoms with Crippen molar-refractivity contribution in [3.05, 3.63) is 0 Å². The van der Waals surface area contributed by atoms with Gasteiger partial charge >= 0.3 is 0 Å². The van der Waals surface area contributed by atoms with Crippen molar-refractivity contribution >= 4 is 9.84 Å². The molecule has 1 rings (SSSR count). The van der Waals surface area contributed by atoms with Crippen LogP contribution in [0.15, 0.2) is 0 Å². The van der Waals surface area contributed by atoms with Crippen LogP contribution in [0.3, 0.4) is 0 Å². The average Bonchev–Trinajstić information content (AvgIpc) is 1.99. The lowest BCUT2D eigenvalue weighted by molar-refractivity contribution is 0.201. The molecule has 13 heavy (non-hydrogen) atoms. The van der Waals surface area contributed by atoms with E-state index in [2.05, 4.69) is 20.8 Å². The summed E-state index contributed by atoms with van der Waals surface area (Å²) >= 11 is 0. The summed E-state index contributed by atoms with van der Waals surface area (Å²) in [6, 6.07) is 0. The Kier molecular flexibility index (Phi) is 3.05.